The van der Waals surface area contributed by atoms with E-state index in [1.165, 1.54) is 64.2 Å². The first kappa shape index (κ1) is 23.1. The zero-order valence-corrected chi connectivity index (χ0v) is 17.8. The van der Waals surface area contributed by atoms with Crippen LogP contribution in [0.15, 0.2) is 0 Å². The average molecular weight is 345 g/mol. The van der Waals surface area contributed by atoms with Crippen LogP contribution in [0.2, 0.25) is 12.1 Å². The van der Waals surface area contributed by atoms with Crippen molar-refractivity contribution in [2.75, 3.05) is 13.2 Å². The van der Waals surface area contributed by atoms with Crippen LogP contribution in [0.25, 0.3) is 0 Å². The monoisotopic (exact) mass is 344 g/mol. The molecule has 140 valence electrons. The van der Waals surface area contributed by atoms with Crippen LogP contribution in [-0.2, 0) is 8.85 Å². The van der Waals surface area contributed by atoms with E-state index in [4.69, 9.17) is 8.85 Å². The molecule has 0 saturated heterocycles. The molecular formula is C20H44O2Si. The lowest BCUT2D eigenvalue weighted by Gasteiger charge is -2.29. The second-order valence-electron chi connectivity index (χ2n) is 7.33. The van der Waals surface area contributed by atoms with E-state index < -0.39 is 8.56 Å². The Morgan fingerprint density at radius 2 is 1.13 bits per heavy atom. The highest BCUT2D eigenvalue weighted by Crippen LogP contribution is 2.20. The lowest BCUT2D eigenvalue weighted by molar-refractivity contribution is 0.161. The van der Waals surface area contributed by atoms with Crippen LogP contribution in [0.4, 0.5) is 0 Å². The fraction of sp³-hybridized carbons (Fsp3) is 1.00. The normalized spacial score (nSPS) is 12.3. The molecule has 0 aliphatic carbocycles. The summed E-state index contributed by atoms with van der Waals surface area (Å²) in [6.45, 7) is 13.1. The largest absolute Gasteiger partial charge is 0.394 e. The molecule has 0 radical (unpaired) electrons. The lowest BCUT2D eigenvalue weighted by Crippen LogP contribution is -2.41. The predicted octanol–water partition coefficient (Wildman–Crippen LogP) is 7.08. The Kier molecular flexibility index (Phi) is 15.7. The first-order valence-corrected chi connectivity index (χ1v) is 12.6. The van der Waals surface area contributed by atoms with Gasteiger partial charge in [-0.2, -0.15) is 0 Å². The van der Waals surface area contributed by atoms with Crippen LogP contribution in [0, 0.1) is 5.92 Å². The maximum Gasteiger partial charge on any atom is 0.337 e. The van der Waals surface area contributed by atoms with Gasteiger partial charge in [-0.25, -0.2) is 0 Å². The molecule has 0 spiro atoms. The number of hydrogen-bond donors (Lipinski definition) is 0. The van der Waals surface area contributed by atoms with Gasteiger partial charge in [-0.05, 0) is 37.3 Å². The van der Waals surface area contributed by atoms with E-state index in [0.717, 1.165) is 31.2 Å². The van der Waals surface area contributed by atoms with Crippen molar-refractivity contribution in [3.63, 3.8) is 0 Å². The molecule has 23 heavy (non-hydrogen) atoms. The van der Waals surface area contributed by atoms with E-state index in [2.05, 4.69) is 34.6 Å². The molecule has 0 aliphatic rings. The average Bonchev–Trinajstić information content (AvgIpc) is 2.55. The minimum Gasteiger partial charge on any atom is -0.394 e. The van der Waals surface area contributed by atoms with Gasteiger partial charge in [-0.3, -0.25) is 0 Å². The summed E-state index contributed by atoms with van der Waals surface area (Å²) in [4.78, 5) is 0. The maximum absolute atomic E-state index is 6.30. The summed E-state index contributed by atoms with van der Waals surface area (Å²) in [6, 6.07) is 2.17. The number of rotatable bonds is 17. The van der Waals surface area contributed by atoms with E-state index in [1.54, 1.807) is 0 Å². The molecule has 0 aliphatic heterocycles. The fourth-order valence-electron chi connectivity index (χ4n) is 2.94. The van der Waals surface area contributed by atoms with E-state index in [1.807, 2.05) is 0 Å². The van der Waals surface area contributed by atoms with Crippen LogP contribution in [0.1, 0.15) is 98.8 Å². The summed E-state index contributed by atoms with van der Waals surface area (Å²) >= 11 is 0. The minimum absolute atomic E-state index is 0.774. The zero-order chi connectivity index (χ0) is 17.4. The molecule has 0 N–H and O–H groups in total. The molecule has 0 bridgehead atoms. The molecule has 0 amide bonds. The molecule has 0 saturated carbocycles. The summed E-state index contributed by atoms with van der Waals surface area (Å²) in [5, 5.41) is 0. The van der Waals surface area contributed by atoms with Gasteiger partial charge >= 0.3 is 8.56 Å². The molecule has 0 aromatic carbocycles. The van der Waals surface area contributed by atoms with Gasteiger partial charge in [0.05, 0.1) is 0 Å². The van der Waals surface area contributed by atoms with Crippen molar-refractivity contribution in [2.45, 2.75) is 111 Å². The highest BCUT2D eigenvalue weighted by molar-refractivity contribution is 6.67. The van der Waals surface area contributed by atoms with E-state index in [9.17, 15) is 0 Å². The quantitative estimate of drug-likeness (QED) is 0.207. The molecule has 0 aromatic heterocycles. The molecule has 3 heteroatoms. The second-order valence-corrected chi connectivity index (χ2v) is 11.1. The third kappa shape index (κ3) is 13.1. The Hall–Kier alpha value is 0.137. The van der Waals surface area contributed by atoms with Crippen LogP contribution >= 0.6 is 0 Å². The topological polar surface area (TPSA) is 18.5 Å². The summed E-state index contributed by atoms with van der Waals surface area (Å²) in [7, 11) is -1.90. The SMILES string of the molecule is CCCCCCCCCCO[Si](CC)(CC)OCCCC(C)C. The van der Waals surface area contributed by atoms with Gasteiger partial charge in [0.1, 0.15) is 0 Å². The molecular weight excluding hydrogens is 300 g/mol. The Labute approximate surface area is 148 Å². The zero-order valence-electron chi connectivity index (χ0n) is 16.8. The molecule has 0 rings (SSSR count). The molecule has 0 unspecified atom stereocenters. The van der Waals surface area contributed by atoms with Crippen LogP contribution in [0.5, 0.6) is 0 Å². The van der Waals surface area contributed by atoms with Crippen molar-refractivity contribution in [3.05, 3.63) is 0 Å². The third-order valence-electron chi connectivity index (χ3n) is 4.73. The third-order valence-corrected chi connectivity index (χ3v) is 8.35. The fourth-order valence-corrected chi connectivity index (χ4v) is 5.38. The summed E-state index contributed by atoms with van der Waals surface area (Å²) in [5.74, 6) is 0.774. The van der Waals surface area contributed by atoms with Gasteiger partial charge in [0.25, 0.3) is 0 Å². The predicted molar refractivity (Wildman–Crippen MR) is 105 cm³/mol. The molecule has 0 atom stereocenters. The van der Waals surface area contributed by atoms with Gasteiger partial charge in [0.2, 0.25) is 0 Å². The van der Waals surface area contributed by atoms with Crippen LogP contribution < -0.4 is 0 Å². The summed E-state index contributed by atoms with van der Waals surface area (Å²) in [5.41, 5.74) is 0. The number of unbranched alkanes of at least 4 members (excludes halogenated alkanes) is 7. The van der Waals surface area contributed by atoms with E-state index in [-0.39, 0.29) is 0 Å². The van der Waals surface area contributed by atoms with Gasteiger partial charge < -0.3 is 8.85 Å². The Morgan fingerprint density at radius 3 is 1.61 bits per heavy atom. The van der Waals surface area contributed by atoms with Crippen molar-refractivity contribution in [1.29, 1.82) is 0 Å². The Balaban J connectivity index is 3.73. The molecule has 0 heterocycles. The maximum atomic E-state index is 6.30. The van der Waals surface area contributed by atoms with Crippen molar-refractivity contribution < 1.29 is 8.85 Å². The van der Waals surface area contributed by atoms with Gasteiger partial charge in [-0.15, -0.1) is 0 Å². The lowest BCUT2D eigenvalue weighted by atomic mass is 10.1. The van der Waals surface area contributed by atoms with Crippen molar-refractivity contribution in [1.82, 2.24) is 0 Å². The molecule has 2 nitrogen and oxygen atoms in total. The molecule has 0 aromatic rings. The highest BCUT2D eigenvalue weighted by Gasteiger charge is 2.33. The summed E-state index contributed by atoms with van der Waals surface area (Å²) in [6.07, 6.45) is 13.3. The number of hydrogen-bond acceptors (Lipinski definition) is 2. The molecule has 0 fully saturated rings. The van der Waals surface area contributed by atoms with Crippen molar-refractivity contribution >= 4 is 8.56 Å². The highest BCUT2D eigenvalue weighted by atomic mass is 28.4. The Morgan fingerprint density at radius 1 is 0.652 bits per heavy atom. The van der Waals surface area contributed by atoms with Crippen LogP contribution in [0.3, 0.4) is 0 Å². The first-order valence-electron chi connectivity index (χ1n) is 10.4. The van der Waals surface area contributed by atoms with E-state index in [0.29, 0.717) is 0 Å². The van der Waals surface area contributed by atoms with Gasteiger partial charge in [0, 0.05) is 13.2 Å². The van der Waals surface area contributed by atoms with Crippen molar-refractivity contribution in [2.24, 2.45) is 5.92 Å². The first-order chi connectivity index (χ1) is 11.1. The summed E-state index contributed by atoms with van der Waals surface area (Å²) < 4.78 is 12.6. The van der Waals surface area contributed by atoms with E-state index >= 15 is 0 Å². The van der Waals surface area contributed by atoms with Crippen LogP contribution in [-0.4, -0.2) is 21.8 Å². The van der Waals surface area contributed by atoms with Gasteiger partial charge in [-0.1, -0.05) is 79.6 Å². The minimum atomic E-state index is -1.90. The van der Waals surface area contributed by atoms with Crippen molar-refractivity contribution in [3.8, 4) is 0 Å². The standard InChI is InChI=1S/C20H44O2Si/c1-6-9-10-11-12-13-14-15-18-21-23(7-2,8-3)22-19-16-17-20(4)5/h20H,6-19H2,1-5H3. The van der Waals surface area contributed by atoms with Gasteiger partial charge in [0.15, 0.2) is 0 Å². The Bertz CT molecular complexity index is 240. The smallest absolute Gasteiger partial charge is 0.337 e. The second kappa shape index (κ2) is 15.7.